The summed E-state index contributed by atoms with van der Waals surface area (Å²) in [6, 6.07) is 8.40. The molecule has 0 unspecified atom stereocenters. The molecule has 1 aromatic carbocycles. The summed E-state index contributed by atoms with van der Waals surface area (Å²) in [5, 5.41) is 2.73. The highest BCUT2D eigenvalue weighted by atomic mass is 32.1. The molecule has 2 rings (SSSR count). The zero-order valence-corrected chi connectivity index (χ0v) is 14.0. The van der Waals surface area contributed by atoms with Crippen LogP contribution in [-0.4, -0.2) is 10.1 Å². The first kappa shape index (κ1) is 18.6. The molecule has 4 heteroatoms. The molecular weight excluding hydrogens is 268 g/mol. The van der Waals surface area contributed by atoms with Gasteiger partial charge in [0.15, 0.2) is 0 Å². The van der Waals surface area contributed by atoms with Gasteiger partial charge in [0.1, 0.15) is 5.82 Å². The predicted octanol–water partition coefficient (Wildman–Crippen LogP) is 5.33. The van der Waals surface area contributed by atoms with Crippen LogP contribution >= 0.6 is 12.2 Å². The van der Waals surface area contributed by atoms with Crippen LogP contribution in [0.25, 0.3) is 0 Å². The Bertz CT molecular complexity index is 517. The Kier molecular flexibility index (Phi) is 10.6. The van der Waals surface area contributed by atoms with Crippen LogP contribution in [0.1, 0.15) is 58.0 Å². The molecule has 112 valence electrons. The van der Waals surface area contributed by atoms with Gasteiger partial charge in [-0.15, -0.1) is 0 Å². The summed E-state index contributed by atoms with van der Waals surface area (Å²) in [7, 11) is 0. The molecule has 0 bridgehead atoms. The Morgan fingerprint density at radius 2 is 1.70 bits per heavy atom. The number of aromatic nitrogens is 2. The summed E-state index contributed by atoms with van der Waals surface area (Å²) in [6.45, 7) is 10.2. The van der Waals surface area contributed by atoms with Gasteiger partial charge in [0.05, 0.1) is 0 Å². The van der Waals surface area contributed by atoms with E-state index in [0.717, 1.165) is 25.1 Å². The van der Waals surface area contributed by atoms with E-state index in [0.29, 0.717) is 0 Å². The Labute approximate surface area is 127 Å². The maximum Gasteiger partial charge on any atom is 0.314 e. The minimum absolute atomic E-state index is 0.267. The Balaban J connectivity index is 0.000000829. The van der Waals surface area contributed by atoms with Gasteiger partial charge in [0.2, 0.25) is 0 Å². The van der Waals surface area contributed by atoms with Gasteiger partial charge in [-0.2, -0.15) is 4.98 Å². The van der Waals surface area contributed by atoms with Gasteiger partial charge in [0.25, 0.3) is 0 Å². The number of aromatic amines is 1. The van der Waals surface area contributed by atoms with E-state index in [-0.39, 0.29) is 4.84 Å². The van der Waals surface area contributed by atoms with E-state index < -0.39 is 0 Å². The van der Waals surface area contributed by atoms with Crippen molar-refractivity contribution in [3.8, 4) is 0 Å². The third-order valence-corrected chi connectivity index (χ3v) is 2.65. The fourth-order valence-electron chi connectivity index (χ4n) is 1.76. The highest BCUT2D eigenvalue weighted by Crippen LogP contribution is 2.14. The normalized spacial score (nSPS) is 9.05. The highest BCUT2D eigenvalue weighted by Gasteiger charge is 2.04. The van der Waals surface area contributed by atoms with Crippen molar-refractivity contribution < 1.29 is 4.52 Å². The first-order valence-electron chi connectivity index (χ1n) is 7.40. The van der Waals surface area contributed by atoms with Gasteiger partial charge < -0.3 is 4.52 Å². The van der Waals surface area contributed by atoms with E-state index in [1.54, 1.807) is 0 Å². The molecule has 1 aromatic heterocycles. The maximum absolute atomic E-state index is 4.92. The Morgan fingerprint density at radius 1 is 1.10 bits per heavy atom. The minimum Gasteiger partial charge on any atom is -0.348 e. The molecule has 0 aliphatic heterocycles. The van der Waals surface area contributed by atoms with Crippen LogP contribution in [0.5, 0.6) is 0 Å². The number of rotatable bonds is 4. The molecule has 1 heterocycles. The van der Waals surface area contributed by atoms with Gasteiger partial charge in [-0.25, -0.2) is 5.16 Å². The molecule has 0 amide bonds. The van der Waals surface area contributed by atoms with E-state index in [9.17, 15) is 0 Å². The number of benzene rings is 1. The molecular formula is C16H26N2OS. The van der Waals surface area contributed by atoms with Gasteiger partial charge >= 0.3 is 4.84 Å². The fourth-order valence-corrected chi connectivity index (χ4v) is 1.91. The van der Waals surface area contributed by atoms with Crippen molar-refractivity contribution in [2.75, 3.05) is 0 Å². The summed E-state index contributed by atoms with van der Waals surface area (Å²) in [5.41, 5.74) is 2.65. The smallest absolute Gasteiger partial charge is 0.314 e. The van der Waals surface area contributed by atoms with Crippen LogP contribution in [0.15, 0.2) is 28.8 Å². The van der Waals surface area contributed by atoms with Crippen LogP contribution in [-0.2, 0) is 12.8 Å². The van der Waals surface area contributed by atoms with E-state index >= 15 is 0 Å². The lowest BCUT2D eigenvalue weighted by atomic mass is 10.0. The third kappa shape index (κ3) is 6.15. The van der Waals surface area contributed by atoms with E-state index in [2.05, 4.69) is 35.3 Å². The maximum atomic E-state index is 4.92. The molecule has 0 radical (unpaired) electrons. The van der Waals surface area contributed by atoms with Gasteiger partial charge in [-0.1, -0.05) is 65.3 Å². The van der Waals surface area contributed by atoms with E-state index in [1.807, 2.05) is 33.8 Å². The molecule has 1 N–H and O–H groups in total. The lowest BCUT2D eigenvalue weighted by Gasteiger charge is -2.06. The number of nitrogens with one attached hydrogen (secondary N) is 1. The number of nitrogens with zero attached hydrogens (tertiary/aromatic N) is 1. The van der Waals surface area contributed by atoms with Crippen molar-refractivity contribution in [1.29, 1.82) is 0 Å². The molecule has 0 saturated carbocycles. The molecule has 0 aliphatic rings. The lowest BCUT2D eigenvalue weighted by Crippen LogP contribution is -1.96. The molecule has 0 spiro atoms. The van der Waals surface area contributed by atoms with Crippen molar-refractivity contribution in [3.05, 3.63) is 46.1 Å². The third-order valence-electron chi connectivity index (χ3n) is 2.48. The first-order chi connectivity index (χ1) is 9.79. The highest BCUT2D eigenvalue weighted by molar-refractivity contribution is 7.71. The average molecular weight is 294 g/mol. The SMILES string of the molecule is CC.CC.CCCc1ccccc1Cc1nc(=S)o[nH]1. The van der Waals surface area contributed by atoms with Crippen molar-refractivity contribution in [2.45, 2.75) is 53.9 Å². The van der Waals surface area contributed by atoms with Crippen molar-refractivity contribution in [3.63, 3.8) is 0 Å². The summed E-state index contributed by atoms with van der Waals surface area (Å²) >= 11 is 4.82. The zero-order chi connectivity index (χ0) is 15.4. The standard InChI is InChI=1S/C12H14N2OS.2C2H6/c1-2-5-9-6-3-4-7-10(9)8-11-13-12(16)15-14-11;2*1-2/h3-4,6-7H,2,5,8H2,1H3,(H,13,14,16);2*1-2H3. The Hall–Kier alpha value is -1.42. The van der Waals surface area contributed by atoms with Crippen molar-refractivity contribution >= 4 is 12.2 Å². The second-order valence-electron chi connectivity index (χ2n) is 3.72. The predicted molar refractivity (Wildman–Crippen MR) is 87.6 cm³/mol. The number of aryl methyl sites for hydroxylation is 1. The fraction of sp³-hybridized carbons (Fsp3) is 0.500. The molecule has 0 fully saturated rings. The van der Waals surface area contributed by atoms with Crippen LogP contribution in [0.4, 0.5) is 0 Å². The van der Waals surface area contributed by atoms with Gasteiger partial charge in [-0.05, 0) is 29.8 Å². The second-order valence-corrected chi connectivity index (χ2v) is 4.07. The summed E-state index contributed by atoms with van der Waals surface area (Å²) in [4.78, 5) is 4.37. The van der Waals surface area contributed by atoms with E-state index in [4.69, 9.17) is 16.7 Å². The quantitative estimate of drug-likeness (QED) is 0.775. The van der Waals surface area contributed by atoms with Crippen molar-refractivity contribution in [2.24, 2.45) is 0 Å². The number of hydrogen-bond acceptors (Lipinski definition) is 3. The van der Waals surface area contributed by atoms with Crippen LogP contribution in [0.2, 0.25) is 0 Å². The molecule has 20 heavy (non-hydrogen) atoms. The topological polar surface area (TPSA) is 41.8 Å². The molecule has 3 nitrogen and oxygen atoms in total. The zero-order valence-electron chi connectivity index (χ0n) is 13.2. The molecule has 0 saturated heterocycles. The summed E-state index contributed by atoms with van der Waals surface area (Å²) in [5.74, 6) is 0.786. The number of H-pyrrole nitrogens is 1. The van der Waals surface area contributed by atoms with Crippen LogP contribution in [0, 0.1) is 4.84 Å². The van der Waals surface area contributed by atoms with E-state index in [1.165, 1.54) is 11.1 Å². The van der Waals surface area contributed by atoms with Gasteiger partial charge in [0, 0.05) is 6.42 Å². The van der Waals surface area contributed by atoms with Crippen LogP contribution < -0.4 is 0 Å². The van der Waals surface area contributed by atoms with Crippen LogP contribution in [0.3, 0.4) is 0 Å². The molecule has 0 atom stereocenters. The average Bonchev–Trinajstić information content (AvgIpc) is 2.91. The second kappa shape index (κ2) is 11.4. The monoisotopic (exact) mass is 294 g/mol. The Morgan fingerprint density at radius 3 is 2.20 bits per heavy atom. The summed E-state index contributed by atoms with van der Waals surface area (Å²) < 4.78 is 4.92. The molecule has 2 aromatic rings. The minimum atomic E-state index is 0.267. The van der Waals surface area contributed by atoms with Gasteiger partial charge in [-0.3, -0.25) is 0 Å². The van der Waals surface area contributed by atoms with Crippen molar-refractivity contribution in [1.82, 2.24) is 10.1 Å². The first-order valence-corrected chi connectivity index (χ1v) is 7.81. The summed E-state index contributed by atoms with van der Waals surface area (Å²) in [6.07, 6.45) is 2.98. The number of hydrogen-bond donors (Lipinski definition) is 1. The molecule has 0 aliphatic carbocycles. The largest absolute Gasteiger partial charge is 0.348 e. The lowest BCUT2D eigenvalue weighted by molar-refractivity contribution is 0.399.